The van der Waals surface area contributed by atoms with Crippen molar-refractivity contribution < 1.29 is 4.79 Å². The molecule has 1 saturated heterocycles. The number of rotatable bonds is 6. The van der Waals surface area contributed by atoms with Gasteiger partial charge in [-0.1, -0.05) is 60.7 Å². The van der Waals surface area contributed by atoms with E-state index in [0.29, 0.717) is 24.6 Å². The Morgan fingerprint density at radius 1 is 0.941 bits per heavy atom. The zero-order chi connectivity index (χ0) is 23.7. The number of hydrogen-bond donors (Lipinski definition) is 1. The highest BCUT2D eigenvalue weighted by atomic mass is 16.2. The van der Waals surface area contributed by atoms with Crippen molar-refractivity contribution >= 4 is 22.9 Å². The number of Topliss-reactive ketones (excluding diaryl/α,β-unsaturated/α-hetero) is 1. The van der Waals surface area contributed by atoms with Crippen LogP contribution in [-0.2, 0) is 20.1 Å². The lowest BCUT2D eigenvalue weighted by Crippen LogP contribution is -2.47. The van der Waals surface area contributed by atoms with Gasteiger partial charge >= 0.3 is 5.69 Å². The molecule has 0 saturated carbocycles. The van der Waals surface area contributed by atoms with Gasteiger partial charge in [-0.15, -0.1) is 0 Å². The number of aromatic nitrogens is 4. The molecular weight excluding hydrogens is 432 g/mol. The number of imidazole rings is 1. The van der Waals surface area contributed by atoms with E-state index in [4.69, 9.17) is 0 Å². The van der Waals surface area contributed by atoms with Crippen LogP contribution in [0.3, 0.4) is 0 Å². The fraction of sp³-hybridized carbons (Fsp3) is 0.280. The number of carbonyl (C=O) groups is 1. The normalized spacial score (nSPS) is 14.6. The monoisotopic (exact) mass is 458 g/mol. The van der Waals surface area contributed by atoms with E-state index in [1.165, 1.54) is 10.1 Å². The lowest BCUT2D eigenvalue weighted by Gasteiger charge is -2.35. The molecular formula is C25H26N6O3. The molecule has 2 aromatic heterocycles. The summed E-state index contributed by atoms with van der Waals surface area (Å²) in [6.45, 7) is 3.86. The van der Waals surface area contributed by atoms with Crippen molar-refractivity contribution in [1.82, 2.24) is 24.0 Å². The topological polar surface area (TPSA) is 96.2 Å². The van der Waals surface area contributed by atoms with Gasteiger partial charge in [0.2, 0.25) is 5.95 Å². The van der Waals surface area contributed by atoms with Crippen LogP contribution in [0.15, 0.2) is 70.3 Å². The average Bonchev–Trinajstić information content (AvgIpc) is 3.24. The predicted molar refractivity (Wildman–Crippen MR) is 130 cm³/mol. The molecule has 0 unspecified atom stereocenters. The molecule has 1 N–H and O–H groups in total. The van der Waals surface area contributed by atoms with Crippen molar-refractivity contribution in [2.45, 2.75) is 13.1 Å². The Kier molecular flexibility index (Phi) is 5.85. The van der Waals surface area contributed by atoms with Gasteiger partial charge in [0.25, 0.3) is 5.56 Å². The van der Waals surface area contributed by atoms with Gasteiger partial charge in [-0.25, -0.2) is 4.79 Å². The molecule has 0 spiro atoms. The van der Waals surface area contributed by atoms with Crippen LogP contribution in [0, 0.1) is 0 Å². The summed E-state index contributed by atoms with van der Waals surface area (Å²) in [5, 5.41) is 0. The summed E-state index contributed by atoms with van der Waals surface area (Å²) in [4.78, 5) is 49.5. The molecule has 34 heavy (non-hydrogen) atoms. The standard InChI is InChI=1S/C25H26N6O3/c1-28-22-21(23(33)27-25(28)34)31(17-20(32)19-10-6-3-7-11-19)24(26-22)30-14-12-29(13-15-30)16-18-8-4-2-5-9-18/h2-11H,12-17H2,1H3,(H,27,33,34). The highest BCUT2D eigenvalue weighted by Crippen LogP contribution is 2.22. The SMILES string of the molecule is Cn1c(=O)[nH]c(=O)c2c1nc(N1CCN(Cc3ccccc3)CC1)n2CC(=O)c1ccccc1. The van der Waals surface area contributed by atoms with Crippen molar-refractivity contribution in [1.29, 1.82) is 0 Å². The van der Waals surface area contributed by atoms with Crippen LogP contribution in [0.5, 0.6) is 0 Å². The lowest BCUT2D eigenvalue weighted by atomic mass is 10.1. The third-order valence-electron chi connectivity index (χ3n) is 6.29. The Labute approximate surface area is 195 Å². The molecule has 2 aromatic carbocycles. The van der Waals surface area contributed by atoms with Gasteiger partial charge in [0.05, 0.1) is 6.54 Å². The maximum atomic E-state index is 13.1. The number of ketones is 1. The van der Waals surface area contributed by atoms with E-state index in [1.54, 1.807) is 23.7 Å². The third kappa shape index (κ3) is 4.17. The Morgan fingerprint density at radius 2 is 1.59 bits per heavy atom. The van der Waals surface area contributed by atoms with Crippen molar-refractivity contribution in [2.75, 3.05) is 31.1 Å². The van der Waals surface area contributed by atoms with Crippen LogP contribution < -0.4 is 16.1 Å². The van der Waals surface area contributed by atoms with Crippen molar-refractivity contribution in [3.05, 3.63) is 92.6 Å². The van der Waals surface area contributed by atoms with E-state index in [2.05, 4.69) is 31.9 Å². The highest BCUT2D eigenvalue weighted by Gasteiger charge is 2.26. The summed E-state index contributed by atoms with van der Waals surface area (Å²) in [5.41, 5.74) is 1.25. The molecule has 0 atom stereocenters. The molecule has 9 heteroatoms. The molecule has 174 valence electrons. The molecule has 1 aliphatic rings. The predicted octanol–water partition coefficient (Wildman–Crippen LogP) is 1.63. The minimum Gasteiger partial charge on any atom is -0.340 e. The van der Waals surface area contributed by atoms with E-state index in [1.807, 2.05) is 36.4 Å². The van der Waals surface area contributed by atoms with E-state index in [9.17, 15) is 14.4 Å². The zero-order valence-corrected chi connectivity index (χ0v) is 19.0. The first-order valence-corrected chi connectivity index (χ1v) is 11.3. The Morgan fingerprint density at radius 3 is 2.26 bits per heavy atom. The number of aryl methyl sites for hydroxylation is 1. The number of benzene rings is 2. The van der Waals surface area contributed by atoms with Crippen LogP contribution in [0.1, 0.15) is 15.9 Å². The van der Waals surface area contributed by atoms with E-state index in [0.717, 1.165) is 19.6 Å². The molecule has 1 fully saturated rings. The number of hydrogen-bond acceptors (Lipinski definition) is 6. The van der Waals surface area contributed by atoms with Crippen molar-refractivity contribution in [3.8, 4) is 0 Å². The van der Waals surface area contributed by atoms with Gasteiger partial charge < -0.3 is 4.90 Å². The number of nitrogens with zero attached hydrogens (tertiary/aromatic N) is 5. The van der Waals surface area contributed by atoms with Gasteiger partial charge in [0.15, 0.2) is 16.9 Å². The molecule has 0 amide bonds. The summed E-state index contributed by atoms with van der Waals surface area (Å²) in [6, 6.07) is 19.3. The molecule has 0 bridgehead atoms. The highest BCUT2D eigenvalue weighted by molar-refractivity contribution is 5.96. The number of aromatic amines is 1. The summed E-state index contributed by atoms with van der Waals surface area (Å²) in [6.07, 6.45) is 0. The largest absolute Gasteiger partial charge is 0.340 e. The van der Waals surface area contributed by atoms with Crippen LogP contribution in [0.2, 0.25) is 0 Å². The number of piperazine rings is 1. The van der Waals surface area contributed by atoms with E-state index < -0.39 is 11.2 Å². The molecule has 0 radical (unpaired) electrons. The summed E-state index contributed by atoms with van der Waals surface area (Å²) < 4.78 is 2.96. The number of anilines is 1. The minimum atomic E-state index is -0.541. The average molecular weight is 459 g/mol. The number of carbonyl (C=O) groups excluding carboxylic acids is 1. The number of H-pyrrole nitrogens is 1. The Balaban J connectivity index is 1.47. The molecule has 0 aliphatic carbocycles. The van der Waals surface area contributed by atoms with Crippen molar-refractivity contribution in [3.63, 3.8) is 0 Å². The Bertz CT molecular complexity index is 1430. The number of nitrogens with one attached hydrogen (secondary N) is 1. The minimum absolute atomic E-state index is 0.0403. The second-order valence-corrected chi connectivity index (χ2v) is 8.53. The molecule has 1 aliphatic heterocycles. The fourth-order valence-electron chi connectivity index (χ4n) is 4.42. The Hall–Kier alpha value is -3.98. The van der Waals surface area contributed by atoms with E-state index in [-0.39, 0.29) is 23.5 Å². The molecule has 3 heterocycles. The van der Waals surface area contributed by atoms with Crippen LogP contribution >= 0.6 is 0 Å². The first kappa shape index (κ1) is 21.8. The van der Waals surface area contributed by atoms with Gasteiger partial charge in [-0.05, 0) is 5.56 Å². The van der Waals surface area contributed by atoms with Gasteiger partial charge in [-0.3, -0.25) is 28.6 Å². The quantitative estimate of drug-likeness (QED) is 0.441. The van der Waals surface area contributed by atoms with Gasteiger partial charge in [-0.2, -0.15) is 4.98 Å². The summed E-state index contributed by atoms with van der Waals surface area (Å²) in [5.74, 6) is 0.405. The first-order valence-electron chi connectivity index (χ1n) is 11.3. The molecule has 4 aromatic rings. The van der Waals surface area contributed by atoms with Crippen LogP contribution in [-0.4, -0.2) is 56.0 Å². The zero-order valence-electron chi connectivity index (χ0n) is 19.0. The van der Waals surface area contributed by atoms with Gasteiger partial charge in [0, 0.05) is 45.3 Å². The third-order valence-corrected chi connectivity index (χ3v) is 6.29. The molecule has 5 rings (SSSR count). The number of fused-ring (bicyclic) bond motifs is 1. The van der Waals surface area contributed by atoms with Crippen molar-refractivity contribution in [2.24, 2.45) is 7.05 Å². The second-order valence-electron chi connectivity index (χ2n) is 8.53. The van der Waals surface area contributed by atoms with E-state index >= 15 is 0 Å². The fourth-order valence-corrected chi connectivity index (χ4v) is 4.42. The second kappa shape index (κ2) is 9.11. The lowest BCUT2D eigenvalue weighted by molar-refractivity contribution is 0.0973. The maximum Gasteiger partial charge on any atom is 0.329 e. The summed E-state index contributed by atoms with van der Waals surface area (Å²) in [7, 11) is 1.57. The molecule has 9 nitrogen and oxygen atoms in total. The smallest absolute Gasteiger partial charge is 0.329 e. The first-order chi connectivity index (χ1) is 16.5. The van der Waals surface area contributed by atoms with Crippen LogP contribution in [0.25, 0.3) is 11.2 Å². The summed E-state index contributed by atoms with van der Waals surface area (Å²) >= 11 is 0. The van der Waals surface area contributed by atoms with Gasteiger partial charge in [0.1, 0.15) is 0 Å². The van der Waals surface area contributed by atoms with Crippen LogP contribution in [0.4, 0.5) is 5.95 Å². The maximum absolute atomic E-state index is 13.1.